The molecular weight excluding hydrogens is 378 g/mol. The van der Waals surface area contributed by atoms with Crippen molar-refractivity contribution in [2.45, 2.75) is 25.9 Å². The number of ether oxygens (including phenoxy) is 2. The quantitative estimate of drug-likeness (QED) is 0.564. The standard InChI is InChI=1S/C21H24ClN3O3/c1-2-27-18-10-8-17(9-11-18)24-21(23-14-19-7-4-12-28-19)25-20(26)15-5-3-6-16(22)13-15/h3,5-6,8-11,13,19H,2,4,7,12,14H2,1H3,(H2,23,24,25,26)/t19-/m1/s1. The number of nitrogens with one attached hydrogen (secondary N) is 2. The van der Waals surface area contributed by atoms with E-state index in [0.29, 0.717) is 29.7 Å². The van der Waals surface area contributed by atoms with Crippen molar-refractivity contribution in [2.75, 3.05) is 25.1 Å². The van der Waals surface area contributed by atoms with Gasteiger partial charge in [-0.05, 0) is 62.2 Å². The molecule has 2 N–H and O–H groups in total. The molecule has 148 valence electrons. The number of amides is 1. The van der Waals surface area contributed by atoms with Crippen molar-refractivity contribution in [2.24, 2.45) is 4.99 Å². The number of hydrogen-bond acceptors (Lipinski definition) is 4. The fraction of sp³-hybridized carbons (Fsp3) is 0.333. The number of hydrogen-bond donors (Lipinski definition) is 2. The highest BCUT2D eigenvalue weighted by Gasteiger charge is 2.16. The van der Waals surface area contributed by atoms with Crippen LogP contribution < -0.4 is 15.4 Å². The van der Waals surface area contributed by atoms with Gasteiger partial charge in [-0.25, -0.2) is 4.99 Å². The van der Waals surface area contributed by atoms with Crippen LogP contribution in [-0.2, 0) is 4.74 Å². The van der Waals surface area contributed by atoms with E-state index in [1.807, 2.05) is 31.2 Å². The first kappa shape index (κ1) is 20.2. The van der Waals surface area contributed by atoms with Crippen molar-refractivity contribution in [3.63, 3.8) is 0 Å². The molecule has 2 aromatic carbocycles. The van der Waals surface area contributed by atoms with E-state index in [1.165, 1.54) is 0 Å². The molecule has 0 unspecified atom stereocenters. The van der Waals surface area contributed by atoms with Gasteiger partial charge in [-0.15, -0.1) is 0 Å². The lowest BCUT2D eigenvalue weighted by molar-refractivity contribution is 0.0975. The SMILES string of the molecule is CCOc1ccc(NC(=NC[C@H]2CCCO2)NC(=O)c2cccc(Cl)c2)cc1. The van der Waals surface area contributed by atoms with Crippen LogP contribution in [-0.4, -0.2) is 37.7 Å². The van der Waals surface area contributed by atoms with Gasteiger partial charge in [0.2, 0.25) is 5.96 Å². The third-order valence-corrected chi connectivity index (χ3v) is 4.46. The number of carbonyl (C=O) groups excluding carboxylic acids is 1. The maximum absolute atomic E-state index is 12.6. The van der Waals surface area contributed by atoms with Crippen LogP contribution in [0.25, 0.3) is 0 Å². The lowest BCUT2D eigenvalue weighted by Crippen LogP contribution is -2.36. The zero-order valence-corrected chi connectivity index (χ0v) is 16.5. The minimum Gasteiger partial charge on any atom is -0.494 e. The zero-order chi connectivity index (χ0) is 19.8. The van der Waals surface area contributed by atoms with E-state index < -0.39 is 0 Å². The highest BCUT2D eigenvalue weighted by molar-refractivity contribution is 6.31. The molecule has 1 saturated heterocycles. The second-order valence-corrected chi connectivity index (χ2v) is 6.81. The summed E-state index contributed by atoms with van der Waals surface area (Å²) in [7, 11) is 0. The molecule has 1 aliphatic rings. The minimum absolute atomic E-state index is 0.0835. The second kappa shape index (κ2) is 10.1. The molecule has 0 spiro atoms. The molecule has 6 nitrogen and oxygen atoms in total. The molecule has 0 aliphatic carbocycles. The van der Waals surface area contributed by atoms with E-state index in [2.05, 4.69) is 15.6 Å². The molecular formula is C21H24ClN3O3. The van der Waals surface area contributed by atoms with E-state index in [-0.39, 0.29) is 12.0 Å². The van der Waals surface area contributed by atoms with Gasteiger partial charge >= 0.3 is 0 Å². The number of carbonyl (C=O) groups is 1. The Kier molecular flexibility index (Phi) is 7.28. The van der Waals surface area contributed by atoms with Crippen molar-refractivity contribution in [3.8, 4) is 5.75 Å². The molecule has 0 radical (unpaired) electrons. The van der Waals surface area contributed by atoms with Crippen molar-refractivity contribution in [1.82, 2.24) is 5.32 Å². The van der Waals surface area contributed by atoms with E-state index in [0.717, 1.165) is 30.9 Å². The number of anilines is 1. The van der Waals surface area contributed by atoms with Gasteiger partial charge in [-0.2, -0.15) is 0 Å². The van der Waals surface area contributed by atoms with E-state index in [1.54, 1.807) is 24.3 Å². The molecule has 1 heterocycles. The molecule has 1 atom stereocenters. The molecule has 1 aliphatic heterocycles. The predicted molar refractivity (Wildman–Crippen MR) is 111 cm³/mol. The van der Waals surface area contributed by atoms with E-state index in [9.17, 15) is 4.79 Å². The van der Waals surface area contributed by atoms with Crippen LogP contribution in [0.1, 0.15) is 30.1 Å². The Morgan fingerprint density at radius 1 is 1.29 bits per heavy atom. The Bertz CT molecular complexity index is 818. The topological polar surface area (TPSA) is 71.9 Å². The van der Waals surface area contributed by atoms with Crippen LogP contribution in [0.15, 0.2) is 53.5 Å². The van der Waals surface area contributed by atoms with Crippen molar-refractivity contribution >= 4 is 29.2 Å². The van der Waals surface area contributed by atoms with E-state index in [4.69, 9.17) is 21.1 Å². The molecule has 28 heavy (non-hydrogen) atoms. The lowest BCUT2D eigenvalue weighted by Gasteiger charge is -2.14. The molecule has 7 heteroatoms. The Morgan fingerprint density at radius 3 is 2.79 bits per heavy atom. The summed E-state index contributed by atoms with van der Waals surface area (Å²) in [5.41, 5.74) is 1.26. The fourth-order valence-corrected chi connectivity index (χ4v) is 3.03. The van der Waals surface area contributed by atoms with Crippen molar-refractivity contribution < 1.29 is 14.3 Å². The first-order valence-electron chi connectivity index (χ1n) is 9.37. The Balaban J connectivity index is 1.72. The average Bonchev–Trinajstić information content (AvgIpc) is 3.21. The van der Waals surface area contributed by atoms with Gasteiger partial charge in [0.05, 0.1) is 19.3 Å². The number of nitrogens with zero attached hydrogens (tertiary/aromatic N) is 1. The minimum atomic E-state index is -0.285. The second-order valence-electron chi connectivity index (χ2n) is 6.37. The van der Waals surface area contributed by atoms with Gasteiger partial charge < -0.3 is 14.8 Å². The number of halogens is 1. The number of rotatable bonds is 6. The first-order chi connectivity index (χ1) is 13.6. The van der Waals surface area contributed by atoms with Crippen molar-refractivity contribution in [1.29, 1.82) is 0 Å². The molecule has 3 rings (SSSR count). The predicted octanol–water partition coefficient (Wildman–Crippen LogP) is 4.12. The van der Waals surface area contributed by atoms with Crippen LogP contribution in [0.4, 0.5) is 5.69 Å². The highest BCUT2D eigenvalue weighted by Crippen LogP contribution is 2.16. The summed E-state index contributed by atoms with van der Waals surface area (Å²) in [6.45, 7) is 3.79. The molecule has 0 saturated carbocycles. The van der Waals surface area contributed by atoms with Crippen LogP contribution in [0.5, 0.6) is 5.75 Å². The van der Waals surface area contributed by atoms with E-state index >= 15 is 0 Å². The van der Waals surface area contributed by atoms with Gasteiger partial charge in [0.15, 0.2) is 0 Å². The summed E-state index contributed by atoms with van der Waals surface area (Å²) in [6.07, 6.45) is 2.10. The summed E-state index contributed by atoms with van der Waals surface area (Å²) < 4.78 is 11.1. The van der Waals surface area contributed by atoms with Gasteiger partial charge in [0.25, 0.3) is 5.91 Å². The van der Waals surface area contributed by atoms with Crippen LogP contribution in [0, 0.1) is 0 Å². The van der Waals surface area contributed by atoms with Gasteiger partial charge in [-0.3, -0.25) is 10.1 Å². The summed E-state index contributed by atoms with van der Waals surface area (Å²) >= 11 is 5.99. The van der Waals surface area contributed by atoms with Crippen LogP contribution in [0.3, 0.4) is 0 Å². The monoisotopic (exact) mass is 401 g/mol. The molecule has 0 aromatic heterocycles. The Hall–Kier alpha value is -2.57. The number of guanidine groups is 1. The molecule has 2 aromatic rings. The molecule has 1 fully saturated rings. The van der Waals surface area contributed by atoms with Crippen molar-refractivity contribution in [3.05, 3.63) is 59.1 Å². The highest BCUT2D eigenvalue weighted by atomic mass is 35.5. The van der Waals surface area contributed by atoms with Gasteiger partial charge in [0, 0.05) is 22.9 Å². The number of benzene rings is 2. The maximum Gasteiger partial charge on any atom is 0.258 e. The lowest BCUT2D eigenvalue weighted by atomic mass is 10.2. The van der Waals surface area contributed by atoms with Crippen LogP contribution in [0.2, 0.25) is 5.02 Å². The smallest absolute Gasteiger partial charge is 0.258 e. The third-order valence-electron chi connectivity index (χ3n) is 4.22. The maximum atomic E-state index is 12.6. The Morgan fingerprint density at radius 2 is 2.11 bits per heavy atom. The normalized spacial score (nSPS) is 16.6. The van der Waals surface area contributed by atoms with Crippen LogP contribution >= 0.6 is 11.6 Å². The zero-order valence-electron chi connectivity index (χ0n) is 15.8. The summed E-state index contributed by atoms with van der Waals surface area (Å²) in [6, 6.07) is 14.3. The molecule has 0 bridgehead atoms. The summed E-state index contributed by atoms with van der Waals surface area (Å²) in [4.78, 5) is 17.1. The Labute approximate surface area is 169 Å². The van der Waals surface area contributed by atoms with Gasteiger partial charge in [-0.1, -0.05) is 17.7 Å². The average molecular weight is 402 g/mol. The molecule has 1 amide bonds. The summed E-state index contributed by atoms with van der Waals surface area (Å²) in [5, 5.41) is 6.49. The third kappa shape index (κ3) is 5.97. The summed E-state index contributed by atoms with van der Waals surface area (Å²) in [5.74, 6) is 0.866. The largest absolute Gasteiger partial charge is 0.494 e. The van der Waals surface area contributed by atoms with Gasteiger partial charge in [0.1, 0.15) is 5.75 Å². The fourth-order valence-electron chi connectivity index (χ4n) is 2.84. The first-order valence-corrected chi connectivity index (χ1v) is 9.74. The number of aliphatic imine (C=N–C) groups is 1.